The number of rotatable bonds is 4. The summed E-state index contributed by atoms with van der Waals surface area (Å²) >= 11 is 6.70. The smallest absolute Gasteiger partial charge is 0.379 e. The maximum Gasteiger partial charge on any atom is 0.418 e. The molecule has 0 saturated heterocycles. The van der Waals surface area contributed by atoms with E-state index in [0.29, 0.717) is 5.56 Å². The summed E-state index contributed by atoms with van der Waals surface area (Å²) < 4.78 is 38.6. The Morgan fingerprint density at radius 2 is 2.10 bits per heavy atom. The second-order valence-corrected chi connectivity index (χ2v) is 5.36. The van der Waals surface area contributed by atoms with Crippen LogP contribution < -0.4 is 5.32 Å². The first kappa shape index (κ1) is 15.6. The maximum atomic E-state index is 12.9. The van der Waals surface area contributed by atoms with Crippen LogP contribution in [0.15, 0.2) is 29.6 Å². The van der Waals surface area contributed by atoms with E-state index in [1.807, 2.05) is 0 Å². The fourth-order valence-electron chi connectivity index (χ4n) is 1.68. The first-order valence-electron chi connectivity index (χ1n) is 5.60. The number of thiophene rings is 1. The number of hydrogen-bond donors (Lipinski definition) is 1. The standard InChI is InChI=1S/C12H8ClF3N2O2S/c13-9-3-1-2-8(12(14,15)16)11(9)17-5-7-4-10(18(19)20)21-6-7/h1-4,6,17H,5H2. The lowest BCUT2D eigenvalue weighted by Crippen LogP contribution is -2.11. The highest BCUT2D eigenvalue weighted by Gasteiger charge is 2.34. The molecule has 0 bridgehead atoms. The number of anilines is 1. The van der Waals surface area contributed by atoms with Crippen molar-refractivity contribution in [1.82, 2.24) is 0 Å². The zero-order valence-corrected chi connectivity index (χ0v) is 11.9. The zero-order chi connectivity index (χ0) is 15.6. The van der Waals surface area contributed by atoms with E-state index in [2.05, 4.69) is 5.32 Å². The predicted molar refractivity (Wildman–Crippen MR) is 74.8 cm³/mol. The summed E-state index contributed by atoms with van der Waals surface area (Å²) in [6.45, 7) is 0.0111. The Bertz CT molecular complexity index is 673. The van der Waals surface area contributed by atoms with Crippen LogP contribution in [0.2, 0.25) is 5.02 Å². The Labute approximate surface area is 126 Å². The molecule has 0 atom stereocenters. The summed E-state index contributed by atoms with van der Waals surface area (Å²) in [5.41, 5.74) is -0.597. The van der Waals surface area contributed by atoms with Crippen LogP contribution in [0.25, 0.3) is 0 Å². The molecule has 0 unspecified atom stereocenters. The van der Waals surface area contributed by atoms with Crippen LogP contribution in [0.1, 0.15) is 11.1 Å². The number of nitrogens with one attached hydrogen (secondary N) is 1. The van der Waals surface area contributed by atoms with Crippen molar-refractivity contribution in [2.24, 2.45) is 0 Å². The zero-order valence-electron chi connectivity index (χ0n) is 10.3. The van der Waals surface area contributed by atoms with Gasteiger partial charge in [-0.2, -0.15) is 13.2 Å². The third-order valence-corrected chi connectivity index (χ3v) is 3.85. The molecule has 0 fully saturated rings. The van der Waals surface area contributed by atoms with Gasteiger partial charge in [0.25, 0.3) is 0 Å². The van der Waals surface area contributed by atoms with Gasteiger partial charge in [0, 0.05) is 18.0 Å². The van der Waals surface area contributed by atoms with Crippen molar-refractivity contribution in [3.63, 3.8) is 0 Å². The normalized spacial score (nSPS) is 11.4. The van der Waals surface area contributed by atoms with Crippen LogP contribution in [-0.2, 0) is 12.7 Å². The quantitative estimate of drug-likeness (QED) is 0.635. The van der Waals surface area contributed by atoms with Gasteiger partial charge in [0.15, 0.2) is 0 Å². The molecule has 1 aromatic heterocycles. The van der Waals surface area contributed by atoms with E-state index in [1.165, 1.54) is 23.6 Å². The van der Waals surface area contributed by atoms with Gasteiger partial charge < -0.3 is 5.32 Å². The Kier molecular flexibility index (Phi) is 4.38. The monoisotopic (exact) mass is 336 g/mol. The molecule has 0 amide bonds. The first-order valence-corrected chi connectivity index (χ1v) is 6.86. The van der Waals surface area contributed by atoms with Crippen LogP contribution in [-0.4, -0.2) is 4.92 Å². The average Bonchev–Trinajstić information content (AvgIpc) is 2.85. The van der Waals surface area contributed by atoms with Gasteiger partial charge >= 0.3 is 11.2 Å². The Balaban J connectivity index is 2.21. The highest BCUT2D eigenvalue weighted by atomic mass is 35.5. The maximum absolute atomic E-state index is 12.9. The van der Waals surface area contributed by atoms with Crippen LogP contribution in [0, 0.1) is 10.1 Å². The van der Waals surface area contributed by atoms with Gasteiger partial charge in [0.2, 0.25) is 0 Å². The number of halogens is 4. The molecule has 0 radical (unpaired) electrons. The molecule has 0 aliphatic heterocycles. The molecule has 9 heteroatoms. The molecule has 1 heterocycles. The van der Waals surface area contributed by atoms with Gasteiger partial charge in [-0.25, -0.2) is 0 Å². The Morgan fingerprint density at radius 1 is 1.38 bits per heavy atom. The molecule has 4 nitrogen and oxygen atoms in total. The van der Waals surface area contributed by atoms with E-state index < -0.39 is 16.7 Å². The predicted octanol–water partition coefficient (Wildman–Crippen LogP) is 4.94. The minimum absolute atomic E-state index is 0.0111. The number of benzene rings is 1. The summed E-state index contributed by atoms with van der Waals surface area (Å²) in [6, 6.07) is 4.78. The van der Waals surface area contributed by atoms with Crippen molar-refractivity contribution in [3.05, 3.63) is 55.9 Å². The van der Waals surface area contributed by atoms with Crippen LogP contribution in [0.4, 0.5) is 23.9 Å². The molecule has 0 aliphatic rings. The fourth-order valence-corrected chi connectivity index (χ4v) is 2.65. The Hall–Kier alpha value is -1.80. The third-order valence-electron chi connectivity index (χ3n) is 2.61. The third kappa shape index (κ3) is 3.64. The molecular formula is C12H8ClF3N2O2S. The van der Waals surface area contributed by atoms with E-state index in [0.717, 1.165) is 17.4 Å². The summed E-state index contributed by atoms with van der Waals surface area (Å²) in [7, 11) is 0. The number of nitrogens with zero attached hydrogens (tertiary/aromatic N) is 1. The minimum atomic E-state index is -4.53. The lowest BCUT2D eigenvalue weighted by atomic mass is 10.1. The molecule has 0 saturated carbocycles. The van der Waals surface area contributed by atoms with Gasteiger partial charge in [0.05, 0.1) is 21.2 Å². The van der Waals surface area contributed by atoms with Gasteiger partial charge in [-0.05, 0) is 17.7 Å². The van der Waals surface area contributed by atoms with Crippen LogP contribution >= 0.6 is 22.9 Å². The topological polar surface area (TPSA) is 55.2 Å². The highest BCUT2D eigenvalue weighted by molar-refractivity contribution is 7.13. The molecule has 1 N–H and O–H groups in total. The molecule has 21 heavy (non-hydrogen) atoms. The lowest BCUT2D eigenvalue weighted by molar-refractivity contribution is -0.380. The summed E-state index contributed by atoms with van der Waals surface area (Å²) in [5.74, 6) is 0. The van der Waals surface area contributed by atoms with Crippen molar-refractivity contribution in [1.29, 1.82) is 0 Å². The second kappa shape index (κ2) is 5.90. The highest BCUT2D eigenvalue weighted by Crippen LogP contribution is 2.38. The van der Waals surface area contributed by atoms with E-state index in [9.17, 15) is 23.3 Å². The van der Waals surface area contributed by atoms with Crippen molar-refractivity contribution in [2.45, 2.75) is 12.7 Å². The van der Waals surface area contributed by atoms with Gasteiger partial charge in [-0.1, -0.05) is 29.0 Å². The fraction of sp³-hybridized carbons (Fsp3) is 0.167. The molecular weight excluding hydrogens is 329 g/mol. The van der Waals surface area contributed by atoms with E-state index in [-0.39, 0.29) is 22.3 Å². The number of alkyl halides is 3. The average molecular weight is 337 g/mol. The SMILES string of the molecule is O=[N+]([O-])c1cc(CNc2c(Cl)cccc2C(F)(F)F)cs1. The number of hydrogen-bond acceptors (Lipinski definition) is 4. The van der Waals surface area contributed by atoms with Crippen molar-refractivity contribution in [3.8, 4) is 0 Å². The molecule has 2 rings (SSSR count). The van der Waals surface area contributed by atoms with Gasteiger partial charge in [-0.15, -0.1) is 0 Å². The summed E-state index contributed by atoms with van der Waals surface area (Å²) in [6.07, 6.45) is -4.53. The summed E-state index contributed by atoms with van der Waals surface area (Å²) in [5, 5.41) is 14.5. The largest absolute Gasteiger partial charge is 0.418 e. The molecule has 2 aromatic rings. The minimum Gasteiger partial charge on any atom is -0.379 e. The van der Waals surface area contributed by atoms with Crippen molar-refractivity contribution < 1.29 is 18.1 Å². The molecule has 1 aromatic carbocycles. The Morgan fingerprint density at radius 3 is 2.67 bits per heavy atom. The van der Waals surface area contributed by atoms with Gasteiger partial charge in [0.1, 0.15) is 0 Å². The molecule has 0 aliphatic carbocycles. The van der Waals surface area contributed by atoms with Gasteiger partial charge in [-0.3, -0.25) is 10.1 Å². The molecule has 0 spiro atoms. The second-order valence-electron chi connectivity index (χ2n) is 4.06. The van der Waals surface area contributed by atoms with Crippen LogP contribution in [0.5, 0.6) is 0 Å². The number of nitro groups is 1. The van der Waals surface area contributed by atoms with Crippen LogP contribution in [0.3, 0.4) is 0 Å². The van der Waals surface area contributed by atoms with Crippen molar-refractivity contribution >= 4 is 33.6 Å². The first-order chi connectivity index (χ1) is 9.79. The van der Waals surface area contributed by atoms with Crippen molar-refractivity contribution in [2.75, 3.05) is 5.32 Å². The van der Waals surface area contributed by atoms with E-state index in [1.54, 1.807) is 0 Å². The summed E-state index contributed by atoms with van der Waals surface area (Å²) in [4.78, 5) is 10.0. The molecule has 112 valence electrons. The van der Waals surface area contributed by atoms with E-state index >= 15 is 0 Å². The lowest BCUT2D eigenvalue weighted by Gasteiger charge is -2.15. The number of para-hydroxylation sites is 1. The van der Waals surface area contributed by atoms with E-state index in [4.69, 9.17) is 11.6 Å².